The molecule has 0 saturated carbocycles. The number of aromatic nitrogens is 2. The highest BCUT2D eigenvalue weighted by Crippen LogP contribution is 2.15. The van der Waals surface area contributed by atoms with Crippen LogP contribution in [0.1, 0.15) is 6.42 Å². The highest BCUT2D eigenvalue weighted by Gasteiger charge is 2.27. The number of rotatable bonds is 4. The van der Waals surface area contributed by atoms with Gasteiger partial charge >= 0.3 is 0 Å². The topological polar surface area (TPSA) is 64.5 Å². The van der Waals surface area contributed by atoms with Gasteiger partial charge in [-0.1, -0.05) is 0 Å². The Morgan fingerprint density at radius 1 is 1.65 bits per heavy atom. The first kappa shape index (κ1) is 11.8. The smallest absolute Gasteiger partial charge is 0.248 e. The highest BCUT2D eigenvalue weighted by molar-refractivity contribution is 5.77. The van der Waals surface area contributed by atoms with Crippen molar-refractivity contribution in [1.82, 2.24) is 15.1 Å². The van der Waals surface area contributed by atoms with Crippen LogP contribution in [-0.4, -0.2) is 53.9 Å². The molecule has 6 nitrogen and oxygen atoms in total. The van der Waals surface area contributed by atoms with E-state index in [4.69, 9.17) is 9.47 Å². The monoisotopic (exact) mass is 237 g/mol. The van der Waals surface area contributed by atoms with Crippen LogP contribution in [0.2, 0.25) is 0 Å². The predicted molar refractivity (Wildman–Crippen MR) is 59.5 cm³/mol. The van der Waals surface area contributed by atoms with Gasteiger partial charge in [-0.05, 0) is 6.07 Å². The molecule has 0 radical (unpaired) electrons. The van der Waals surface area contributed by atoms with E-state index in [1.54, 1.807) is 23.2 Å². The number of ether oxygens (including phenoxy) is 2. The van der Waals surface area contributed by atoms with Crippen molar-refractivity contribution in [3.05, 3.63) is 18.3 Å². The van der Waals surface area contributed by atoms with Crippen LogP contribution in [0.5, 0.6) is 5.88 Å². The van der Waals surface area contributed by atoms with Crippen molar-refractivity contribution in [1.29, 1.82) is 0 Å². The van der Waals surface area contributed by atoms with E-state index in [1.165, 1.54) is 7.11 Å². The normalized spacial score (nSPS) is 19.4. The number of hydrogen-bond donors (Lipinski definition) is 0. The molecule has 0 N–H and O–H groups in total. The second kappa shape index (κ2) is 5.58. The van der Waals surface area contributed by atoms with Crippen molar-refractivity contribution in [2.75, 3.05) is 26.8 Å². The minimum Gasteiger partial charge on any atom is -0.471 e. The molecule has 1 aromatic rings. The van der Waals surface area contributed by atoms with Gasteiger partial charge in [0.15, 0.2) is 0 Å². The zero-order valence-corrected chi connectivity index (χ0v) is 9.70. The molecule has 1 saturated heterocycles. The van der Waals surface area contributed by atoms with E-state index in [1.807, 2.05) is 0 Å². The fourth-order valence-electron chi connectivity index (χ4n) is 1.79. The van der Waals surface area contributed by atoms with Gasteiger partial charge in [0.2, 0.25) is 11.8 Å². The molecule has 0 aromatic carbocycles. The van der Waals surface area contributed by atoms with Gasteiger partial charge in [0.1, 0.15) is 12.7 Å². The fourth-order valence-corrected chi connectivity index (χ4v) is 1.79. The summed E-state index contributed by atoms with van der Waals surface area (Å²) in [5.74, 6) is 0.497. The third kappa shape index (κ3) is 3.13. The average Bonchev–Trinajstić information content (AvgIpc) is 2.79. The van der Waals surface area contributed by atoms with Crippen molar-refractivity contribution < 1.29 is 14.3 Å². The van der Waals surface area contributed by atoms with Gasteiger partial charge < -0.3 is 14.4 Å². The minimum atomic E-state index is -0.00694. The van der Waals surface area contributed by atoms with E-state index in [0.717, 1.165) is 6.42 Å². The van der Waals surface area contributed by atoms with Crippen molar-refractivity contribution in [2.45, 2.75) is 12.5 Å². The molecular formula is C11H15N3O3. The molecule has 1 aliphatic heterocycles. The second-order valence-corrected chi connectivity index (χ2v) is 3.86. The van der Waals surface area contributed by atoms with Crippen LogP contribution in [0, 0.1) is 0 Å². The maximum atomic E-state index is 11.6. The van der Waals surface area contributed by atoms with Crippen molar-refractivity contribution in [3.8, 4) is 5.88 Å². The maximum absolute atomic E-state index is 11.6. The summed E-state index contributed by atoms with van der Waals surface area (Å²) in [7, 11) is 1.52. The molecule has 0 bridgehead atoms. The van der Waals surface area contributed by atoms with Gasteiger partial charge in [0.25, 0.3) is 0 Å². The first-order valence-corrected chi connectivity index (χ1v) is 5.50. The van der Waals surface area contributed by atoms with Crippen LogP contribution in [0.15, 0.2) is 18.3 Å². The summed E-state index contributed by atoms with van der Waals surface area (Å²) >= 11 is 0. The van der Waals surface area contributed by atoms with Crippen LogP contribution >= 0.6 is 0 Å². The molecule has 1 atom stereocenters. The van der Waals surface area contributed by atoms with Crippen LogP contribution in [0.25, 0.3) is 0 Å². The molecule has 1 amide bonds. The Kier molecular flexibility index (Phi) is 3.87. The Morgan fingerprint density at radius 3 is 3.24 bits per heavy atom. The number of likely N-dealkylation sites (tertiary alicyclic amines) is 1. The standard InChI is InChI=1S/C11H15N3O3/c1-16-8-11(15)14-6-4-9(7-14)17-10-3-2-5-12-13-10/h2-3,5,9H,4,6-8H2,1H3. The quantitative estimate of drug-likeness (QED) is 0.743. The van der Waals surface area contributed by atoms with Crippen LogP contribution in [-0.2, 0) is 9.53 Å². The second-order valence-electron chi connectivity index (χ2n) is 3.86. The first-order valence-electron chi connectivity index (χ1n) is 5.50. The maximum Gasteiger partial charge on any atom is 0.248 e. The third-order valence-corrected chi connectivity index (χ3v) is 2.60. The third-order valence-electron chi connectivity index (χ3n) is 2.60. The van der Waals surface area contributed by atoms with Gasteiger partial charge in [0, 0.05) is 32.3 Å². The van der Waals surface area contributed by atoms with Gasteiger partial charge in [-0.3, -0.25) is 4.79 Å². The minimum absolute atomic E-state index is 0.00209. The Hall–Kier alpha value is -1.69. The fraction of sp³-hybridized carbons (Fsp3) is 0.545. The Bertz CT molecular complexity index is 371. The van der Waals surface area contributed by atoms with Gasteiger partial charge in [0.05, 0.1) is 6.54 Å². The zero-order valence-electron chi connectivity index (χ0n) is 9.70. The molecule has 0 aliphatic carbocycles. The molecule has 17 heavy (non-hydrogen) atoms. The lowest BCUT2D eigenvalue weighted by molar-refractivity contribution is -0.134. The number of methoxy groups -OCH3 is 1. The largest absolute Gasteiger partial charge is 0.471 e. The number of nitrogens with zero attached hydrogens (tertiary/aromatic N) is 3. The Balaban J connectivity index is 1.84. The van der Waals surface area contributed by atoms with E-state index in [0.29, 0.717) is 19.0 Å². The Labute approximate surface area is 99.5 Å². The highest BCUT2D eigenvalue weighted by atomic mass is 16.5. The van der Waals surface area contributed by atoms with Crippen molar-refractivity contribution in [3.63, 3.8) is 0 Å². The zero-order chi connectivity index (χ0) is 12.1. The van der Waals surface area contributed by atoms with Crippen molar-refractivity contribution in [2.24, 2.45) is 0 Å². The van der Waals surface area contributed by atoms with E-state index in [2.05, 4.69) is 10.2 Å². The van der Waals surface area contributed by atoms with E-state index in [-0.39, 0.29) is 18.6 Å². The van der Waals surface area contributed by atoms with Crippen LogP contribution in [0.4, 0.5) is 0 Å². The van der Waals surface area contributed by atoms with Gasteiger partial charge in [-0.2, -0.15) is 5.10 Å². The van der Waals surface area contributed by atoms with Gasteiger partial charge in [-0.25, -0.2) is 0 Å². The lowest BCUT2D eigenvalue weighted by Gasteiger charge is -2.16. The average molecular weight is 237 g/mol. The SMILES string of the molecule is COCC(=O)N1CCC(Oc2cccnn2)C1. The predicted octanol–water partition coefficient (Wildman–Crippen LogP) is 0.103. The summed E-state index contributed by atoms with van der Waals surface area (Å²) in [4.78, 5) is 13.3. The Morgan fingerprint density at radius 2 is 2.53 bits per heavy atom. The molecular weight excluding hydrogens is 222 g/mol. The number of amides is 1. The number of hydrogen-bond acceptors (Lipinski definition) is 5. The summed E-state index contributed by atoms with van der Waals surface area (Å²) in [6, 6.07) is 3.53. The lowest BCUT2D eigenvalue weighted by atomic mass is 10.3. The van der Waals surface area contributed by atoms with Crippen LogP contribution < -0.4 is 4.74 Å². The summed E-state index contributed by atoms with van der Waals surface area (Å²) < 4.78 is 10.4. The molecule has 1 aromatic heterocycles. The molecule has 2 rings (SSSR count). The van der Waals surface area contributed by atoms with Gasteiger partial charge in [-0.15, -0.1) is 5.10 Å². The van der Waals surface area contributed by atoms with E-state index < -0.39 is 0 Å². The lowest BCUT2D eigenvalue weighted by Crippen LogP contribution is -2.33. The first-order chi connectivity index (χ1) is 8.29. The molecule has 2 heterocycles. The molecule has 0 spiro atoms. The summed E-state index contributed by atoms with van der Waals surface area (Å²) in [5, 5.41) is 7.58. The molecule has 92 valence electrons. The number of carbonyl (C=O) groups is 1. The van der Waals surface area contributed by atoms with Crippen LogP contribution in [0.3, 0.4) is 0 Å². The summed E-state index contributed by atoms with van der Waals surface area (Å²) in [6.45, 7) is 1.41. The van der Waals surface area contributed by atoms with E-state index >= 15 is 0 Å². The van der Waals surface area contributed by atoms with E-state index in [9.17, 15) is 4.79 Å². The molecule has 1 unspecified atom stereocenters. The molecule has 6 heteroatoms. The summed E-state index contributed by atoms with van der Waals surface area (Å²) in [5.41, 5.74) is 0. The summed E-state index contributed by atoms with van der Waals surface area (Å²) in [6.07, 6.45) is 2.40. The number of carbonyl (C=O) groups excluding carboxylic acids is 1. The molecule has 1 fully saturated rings. The molecule has 1 aliphatic rings. The van der Waals surface area contributed by atoms with Crippen molar-refractivity contribution >= 4 is 5.91 Å².